The molecule has 88 valence electrons. The van der Waals surface area contributed by atoms with Crippen LogP contribution in [0.5, 0.6) is 0 Å². The van der Waals surface area contributed by atoms with Crippen LogP contribution in [0.3, 0.4) is 0 Å². The van der Waals surface area contributed by atoms with Crippen LogP contribution < -0.4 is 0 Å². The largest absolute Gasteiger partial charge is 0.419 e. The normalized spacial score (nSPS) is 15.0. The fourth-order valence-electron chi connectivity index (χ4n) is 0.954. The second kappa shape index (κ2) is 5.13. The summed E-state index contributed by atoms with van der Waals surface area (Å²) in [6.07, 6.45) is -6.04. The van der Waals surface area contributed by atoms with Crippen molar-refractivity contribution in [3.05, 3.63) is 39.2 Å². The van der Waals surface area contributed by atoms with Gasteiger partial charge in [-0.3, -0.25) is 0 Å². The summed E-state index contributed by atoms with van der Waals surface area (Å²) >= 11 is 1.40. The van der Waals surface area contributed by atoms with Crippen molar-refractivity contribution >= 4 is 28.7 Å². The summed E-state index contributed by atoms with van der Waals surface area (Å²) < 4.78 is 48.6. The maximum atomic E-state index is 12.5. The molecule has 0 amide bonds. The lowest BCUT2D eigenvalue weighted by atomic mass is 10.2. The van der Waals surface area contributed by atoms with Crippen LogP contribution in [0.25, 0.3) is 6.08 Å². The third-order valence-electron chi connectivity index (χ3n) is 1.75. The topological polar surface area (TPSA) is 20.2 Å². The van der Waals surface area contributed by atoms with Crippen molar-refractivity contribution in [3.63, 3.8) is 0 Å². The minimum atomic E-state index is -4.69. The average molecular weight is 346 g/mol. The van der Waals surface area contributed by atoms with E-state index in [4.69, 9.17) is 5.11 Å². The molecule has 0 aromatic heterocycles. The van der Waals surface area contributed by atoms with Crippen molar-refractivity contribution in [3.8, 4) is 0 Å². The quantitative estimate of drug-likeness (QED) is 0.642. The molecule has 0 saturated carbocycles. The van der Waals surface area contributed by atoms with E-state index >= 15 is 0 Å². The van der Waals surface area contributed by atoms with Gasteiger partial charge in [-0.2, -0.15) is 13.2 Å². The molecular formula is C10H7F4IO. The molecule has 0 heterocycles. The van der Waals surface area contributed by atoms with E-state index in [1.54, 1.807) is 0 Å². The SMILES string of the molecule is OC(/C(I)=C/c1ccc(F)cc1)C(F)(F)F. The highest BCUT2D eigenvalue weighted by Crippen LogP contribution is 2.29. The third-order valence-corrected chi connectivity index (χ3v) is 2.65. The highest BCUT2D eigenvalue weighted by molar-refractivity contribution is 14.1. The molecule has 16 heavy (non-hydrogen) atoms. The van der Waals surface area contributed by atoms with Gasteiger partial charge in [0.1, 0.15) is 5.82 Å². The standard InChI is InChI=1S/C10H7F4IO/c11-7-3-1-6(2-4-7)5-8(15)9(16)10(12,13)14/h1-5,9,16H/b8-5-. The van der Waals surface area contributed by atoms with E-state index in [2.05, 4.69) is 0 Å². The first-order valence-corrected chi connectivity index (χ1v) is 5.26. The molecule has 1 N–H and O–H groups in total. The van der Waals surface area contributed by atoms with Gasteiger partial charge in [-0.1, -0.05) is 12.1 Å². The molecule has 1 aromatic carbocycles. The molecule has 0 saturated heterocycles. The summed E-state index contributed by atoms with van der Waals surface area (Å²) in [7, 11) is 0. The van der Waals surface area contributed by atoms with Crippen LogP contribution in [0, 0.1) is 5.82 Å². The Balaban J connectivity index is 2.88. The van der Waals surface area contributed by atoms with Crippen molar-refractivity contribution in [2.45, 2.75) is 12.3 Å². The zero-order valence-corrected chi connectivity index (χ0v) is 9.96. The van der Waals surface area contributed by atoms with Gasteiger partial charge < -0.3 is 5.11 Å². The van der Waals surface area contributed by atoms with Crippen molar-refractivity contribution in [2.24, 2.45) is 0 Å². The van der Waals surface area contributed by atoms with E-state index in [1.807, 2.05) is 0 Å². The number of alkyl halides is 3. The summed E-state index contributed by atoms with van der Waals surface area (Å²) in [6.45, 7) is 0. The summed E-state index contributed by atoms with van der Waals surface area (Å²) in [6, 6.07) is 4.93. The summed E-state index contributed by atoms with van der Waals surface area (Å²) in [5.41, 5.74) is 0.397. The van der Waals surface area contributed by atoms with E-state index in [9.17, 15) is 17.6 Å². The molecule has 1 nitrogen and oxygen atoms in total. The minimum absolute atomic E-state index is 0.267. The Morgan fingerprint density at radius 2 is 1.75 bits per heavy atom. The van der Waals surface area contributed by atoms with E-state index in [-0.39, 0.29) is 3.58 Å². The Morgan fingerprint density at radius 1 is 1.25 bits per heavy atom. The van der Waals surface area contributed by atoms with Gasteiger partial charge in [-0.25, -0.2) is 4.39 Å². The number of benzene rings is 1. The highest BCUT2D eigenvalue weighted by atomic mass is 127. The zero-order valence-electron chi connectivity index (χ0n) is 7.80. The van der Waals surface area contributed by atoms with Gasteiger partial charge in [0.2, 0.25) is 0 Å². The first kappa shape index (κ1) is 13.4. The van der Waals surface area contributed by atoms with E-state index < -0.39 is 18.1 Å². The van der Waals surface area contributed by atoms with E-state index in [0.29, 0.717) is 5.56 Å². The van der Waals surface area contributed by atoms with Crippen LogP contribution in [0.15, 0.2) is 27.8 Å². The van der Waals surface area contributed by atoms with Crippen LogP contribution in [0.1, 0.15) is 5.56 Å². The highest BCUT2D eigenvalue weighted by Gasteiger charge is 2.39. The van der Waals surface area contributed by atoms with Crippen molar-refractivity contribution < 1.29 is 22.7 Å². The number of aliphatic hydroxyl groups is 1. The Labute approximate surface area is 103 Å². The summed E-state index contributed by atoms with van der Waals surface area (Å²) in [5, 5.41) is 8.90. The number of aliphatic hydroxyl groups excluding tert-OH is 1. The van der Waals surface area contributed by atoms with Gasteiger partial charge in [0, 0.05) is 3.58 Å². The maximum absolute atomic E-state index is 12.5. The first-order chi connectivity index (χ1) is 7.30. The Hall–Kier alpha value is -0.630. The number of hydrogen-bond donors (Lipinski definition) is 1. The Kier molecular flexibility index (Phi) is 4.31. The second-order valence-corrected chi connectivity index (χ2v) is 4.27. The van der Waals surface area contributed by atoms with Gasteiger partial charge in [-0.15, -0.1) is 0 Å². The molecule has 1 aromatic rings. The average Bonchev–Trinajstić information content (AvgIpc) is 2.19. The van der Waals surface area contributed by atoms with Crippen molar-refractivity contribution in [2.75, 3.05) is 0 Å². The van der Waals surface area contributed by atoms with E-state index in [1.165, 1.54) is 34.7 Å². The first-order valence-electron chi connectivity index (χ1n) is 4.18. The molecule has 0 bridgehead atoms. The summed E-state index contributed by atoms with van der Waals surface area (Å²) in [4.78, 5) is 0. The van der Waals surface area contributed by atoms with Crippen LogP contribution in [-0.2, 0) is 0 Å². The van der Waals surface area contributed by atoms with E-state index in [0.717, 1.165) is 18.2 Å². The lowest BCUT2D eigenvalue weighted by molar-refractivity contribution is -0.188. The lowest BCUT2D eigenvalue weighted by Gasteiger charge is -2.13. The van der Waals surface area contributed by atoms with Crippen LogP contribution in [0.4, 0.5) is 17.6 Å². The third kappa shape index (κ3) is 3.75. The molecule has 1 rings (SSSR count). The van der Waals surface area contributed by atoms with Gasteiger partial charge in [0.25, 0.3) is 0 Å². The fourth-order valence-corrected chi connectivity index (χ4v) is 1.67. The van der Waals surface area contributed by atoms with Crippen LogP contribution in [-0.4, -0.2) is 17.4 Å². The monoisotopic (exact) mass is 346 g/mol. The van der Waals surface area contributed by atoms with Gasteiger partial charge in [-0.05, 0) is 46.4 Å². The smallest absolute Gasteiger partial charge is 0.379 e. The second-order valence-electron chi connectivity index (χ2n) is 3.02. The zero-order chi connectivity index (χ0) is 12.3. The molecule has 0 spiro atoms. The Morgan fingerprint density at radius 3 is 2.19 bits per heavy atom. The fraction of sp³-hybridized carbons (Fsp3) is 0.200. The van der Waals surface area contributed by atoms with Gasteiger partial charge in [0.05, 0.1) is 0 Å². The number of hydrogen-bond acceptors (Lipinski definition) is 1. The predicted molar refractivity (Wildman–Crippen MR) is 60.5 cm³/mol. The molecule has 0 aliphatic heterocycles. The molecule has 1 unspecified atom stereocenters. The van der Waals surface area contributed by atoms with Gasteiger partial charge in [0.15, 0.2) is 6.10 Å². The Bertz CT molecular complexity index is 383. The molecule has 0 aliphatic carbocycles. The minimum Gasteiger partial charge on any atom is -0.379 e. The molecule has 0 fully saturated rings. The number of rotatable bonds is 2. The molecule has 1 atom stereocenters. The predicted octanol–water partition coefficient (Wildman–Crippen LogP) is 3.52. The molecule has 6 heteroatoms. The van der Waals surface area contributed by atoms with Crippen LogP contribution in [0.2, 0.25) is 0 Å². The van der Waals surface area contributed by atoms with Gasteiger partial charge >= 0.3 is 6.18 Å². The van der Waals surface area contributed by atoms with Crippen molar-refractivity contribution in [1.29, 1.82) is 0 Å². The summed E-state index contributed by atoms with van der Waals surface area (Å²) in [5.74, 6) is -0.469. The van der Waals surface area contributed by atoms with Crippen molar-refractivity contribution in [1.82, 2.24) is 0 Å². The maximum Gasteiger partial charge on any atom is 0.419 e. The molecule has 0 aliphatic rings. The van der Waals surface area contributed by atoms with Crippen LogP contribution >= 0.6 is 22.6 Å². The lowest BCUT2D eigenvalue weighted by Crippen LogP contribution is -2.28. The molecule has 0 radical (unpaired) electrons. The number of halogens is 5. The molecular weight excluding hydrogens is 339 g/mol.